The number of carbonyl (C=O) groups excluding carboxylic acids is 2. The molecule has 5 nitrogen and oxygen atoms in total. The lowest BCUT2D eigenvalue weighted by atomic mass is 10.1. The van der Waals surface area contributed by atoms with Crippen LogP contribution in [0, 0.1) is 0 Å². The molecule has 100 valence electrons. The number of ether oxygens (including phenoxy) is 1. The molecule has 1 atom stereocenters. The first-order valence-corrected chi connectivity index (χ1v) is 5.81. The van der Waals surface area contributed by atoms with Crippen LogP contribution in [0.5, 0.6) is 0 Å². The molecule has 0 aromatic heterocycles. The van der Waals surface area contributed by atoms with Gasteiger partial charge in [0.2, 0.25) is 5.91 Å². The van der Waals surface area contributed by atoms with Gasteiger partial charge in [-0.3, -0.25) is 4.79 Å². The fourth-order valence-corrected chi connectivity index (χ4v) is 1.14. The van der Waals surface area contributed by atoms with E-state index in [2.05, 4.69) is 5.32 Å². The standard InChI is InChI=1S/C12H24N2O3/c1-9(7-8-10(15)14(5)6)13-11(16)17-12(2,3)4/h9H,7-8H2,1-6H3,(H,13,16)/t9-/m1/s1. The van der Waals surface area contributed by atoms with Gasteiger partial charge in [-0.2, -0.15) is 0 Å². The van der Waals surface area contributed by atoms with Crippen molar-refractivity contribution in [2.75, 3.05) is 14.1 Å². The smallest absolute Gasteiger partial charge is 0.407 e. The maximum absolute atomic E-state index is 11.4. The molecule has 0 fully saturated rings. The van der Waals surface area contributed by atoms with E-state index in [1.54, 1.807) is 19.0 Å². The van der Waals surface area contributed by atoms with Gasteiger partial charge in [-0.15, -0.1) is 0 Å². The van der Waals surface area contributed by atoms with Gasteiger partial charge in [-0.1, -0.05) is 0 Å². The predicted octanol–water partition coefficient (Wildman–Crippen LogP) is 1.77. The molecule has 17 heavy (non-hydrogen) atoms. The Morgan fingerprint density at radius 2 is 1.82 bits per heavy atom. The Balaban J connectivity index is 3.90. The summed E-state index contributed by atoms with van der Waals surface area (Å²) in [5.74, 6) is 0.0582. The molecule has 0 rings (SSSR count). The summed E-state index contributed by atoms with van der Waals surface area (Å²) in [6.45, 7) is 7.29. The van der Waals surface area contributed by atoms with Crippen LogP contribution in [0.15, 0.2) is 0 Å². The molecular formula is C12H24N2O3. The van der Waals surface area contributed by atoms with Crippen LogP contribution < -0.4 is 5.32 Å². The van der Waals surface area contributed by atoms with Crippen molar-refractivity contribution in [1.29, 1.82) is 0 Å². The number of nitrogens with one attached hydrogen (secondary N) is 1. The van der Waals surface area contributed by atoms with Gasteiger partial charge in [-0.25, -0.2) is 4.79 Å². The molecule has 0 radical (unpaired) electrons. The lowest BCUT2D eigenvalue weighted by Crippen LogP contribution is -2.38. The third-order valence-electron chi connectivity index (χ3n) is 2.05. The monoisotopic (exact) mass is 244 g/mol. The van der Waals surface area contributed by atoms with Crippen LogP contribution >= 0.6 is 0 Å². The van der Waals surface area contributed by atoms with Crippen molar-refractivity contribution in [2.24, 2.45) is 0 Å². The SMILES string of the molecule is C[C@H](CCC(=O)N(C)C)NC(=O)OC(C)(C)C. The number of carbonyl (C=O) groups is 2. The second kappa shape index (κ2) is 6.47. The highest BCUT2D eigenvalue weighted by Crippen LogP contribution is 2.07. The van der Waals surface area contributed by atoms with Gasteiger partial charge in [0.25, 0.3) is 0 Å². The lowest BCUT2D eigenvalue weighted by molar-refractivity contribution is -0.128. The molecular weight excluding hydrogens is 220 g/mol. The van der Waals surface area contributed by atoms with Crippen molar-refractivity contribution in [3.8, 4) is 0 Å². The Hall–Kier alpha value is -1.26. The minimum Gasteiger partial charge on any atom is -0.444 e. The Morgan fingerprint density at radius 3 is 2.24 bits per heavy atom. The lowest BCUT2D eigenvalue weighted by Gasteiger charge is -2.22. The van der Waals surface area contributed by atoms with Crippen LogP contribution in [0.3, 0.4) is 0 Å². The van der Waals surface area contributed by atoms with Gasteiger partial charge in [0.1, 0.15) is 5.60 Å². The minimum absolute atomic E-state index is 0.0582. The Bertz CT molecular complexity index is 269. The summed E-state index contributed by atoms with van der Waals surface area (Å²) in [6, 6.07) is -0.0752. The molecule has 0 heterocycles. The normalized spacial score (nSPS) is 12.8. The van der Waals surface area contributed by atoms with E-state index in [1.165, 1.54) is 0 Å². The zero-order valence-corrected chi connectivity index (χ0v) is 11.7. The van der Waals surface area contributed by atoms with Crippen molar-refractivity contribution < 1.29 is 14.3 Å². The summed E-state index contributed by atoms with van der Waals surface area (Å²) in [7, 11) is 3.43. The summed E-state index contributed by atoms with van der Waals surface area (Å²) in [6.07, 6.45) is 0.586. The van der Waals surface area contributed by atoms with Crippen LogP contribution in [0.25, 0.3) is 0 Å². The molecule has 0 bridgehead atoms. The van der Waals surface area contributed by atoms with Crippen LogP contribution in [-0.4, -0.2) is 42.6 Å². The first kappa shape index (κ1) is 15.7. The highest BCUT2D eigenvalue weighted by Gasteiger charge is 2.18. The van der Waals surface area contributed by atoms with E-state index in [9.17, 15) is 9.59 Å². The first-order chi connectivity index (χ1) is 7.61. The maximum Gasteiger partial charge on any atom is 0.407 e. The zero-order valence-electron chi connectivity index (χ0n) is 11.7. The summed E-state index contributed by atoms with van der Waals surface area (Å²) in [5.41, 5.74) is -0.497. The van der Waals surface area contributed by atoms with Crippen molar-refractivity contribution in [1.82, 2.24) is 10.2 Å². The number of hydrogen-bond donors (Lipinski definition) is 1. The molecule has 2 amide bonds. The number of hydrogen-bond acceptors (Lipinski definition) is 3. The number of amides is 2. The first-order valence-electron chi connectivity index (χ1n) is 5.81. The zero-order chi connectivity index (χ0) is 13.6. The third kappa shape index (κ3) is 8.54. The molecule has 0 aliphatic rings. The van der Waals surface area contributed by atoms with E-state index < -0.39 is 11.7 Å². The van der Waals surface area contributed by atoms with E-state index in [4.69, 9.17) is 4.74 Å². The number of nitrogens with zero attached hydrogens (tertiary/aromatic N) is 1. The summed E-state index contributed by atoms with van der Waals surface area (Å²) in [5, 5.41) is 2.70. The molecule has 0 saturated heterocycles. The van der Waals surface area contributed by atoms with E-state index in [0.717, 1.165) is 0 Å². The Kier molecular flexibility index (Phi) is 5.99. The molecule has 0 aliphatic carbocycles. The number of rotatable bonds is 4. The molecule has 0 aromatic carbocycles. The average Bonchev–Trinajstić information content (AvgIpc) is 2.10. The van der Waals surface area contributed by atoms with Crippen molar-refractivity contribution in [3.05, 3.63) is 0 Å². The number of alkyl carbamates (subject to hydrolysis) is 1. The van der Waals surface area contributed by atoms with Crippen molar-refractivity contribution >= 4 is 12.0 Å². The molecule has 0 spiro atoms. The Morgan fingerprint density at radius 1 is 1.29 bits per heavy atom. The molecule has 0 aliphatic heterocycles. The van der Waals surface area contributed by atoms with E-state index >= 15 is 0 Å². The molecule has 0 aromatic rings. The summed E-state index contributed by atoms with van der Waals surface area (Å²) >= 11 is 0. The highest BCUT2D eigenvalue weighted by atomic mass is 16.6. The predicted molar refractivity (Wildman–Crippen MR) is 66.8 cm³/mol. The van der Waals surface area contributed by atoms with Gasteiger partial charge >= 0.3 is 6.09 Å². The van der Waals surface area contributed by atoms with Crippen LogP contribution in [0.1, 0.15) is 40.5 Å². The largest absolute Gasteiger partial charge is 0.444 e. The fraction of sp³-hybridized carbons (Fsp3) is 0.833. The van der Waals surface area contributed by atoms with Crippen molar-refractivity contribution in [2.45, 2.75) is 52.2 Å². The molecule has 5 heteroatoms. The van der Waals surface area contributed by atoms with E-state index in [-0.39, 0.29) is 11.9 Å². The second-order valence-electron chi connectivity index (χ2n) is 5.37. The summed E-state index contributed by atoms with van der Waals surface area (Å²) < 4.78 is 5.12. The molecule has 1 N–H and O–H groups in total. The minimum atomic E-state index is -0.497. The quantitative estimate of drug-likeness (QED) is 0.820. The molecule has 0 saturated carbocycles. The van der Waals surface area contributed by atoms with E-state index in [1.807, 2.05) is 27.7 Å². The topological polar surface area (TPSA) is 58.6 Å². The maximum atomic E-state index is 11.4. The van der Waals surface area contributed by atoms with Crippen LogP contribution in [0.4, 0.5) is 4.79 Å². The fourth-order valence-electron chi connectivity index (χ4n) is 1.14. The van der Waals surface area contributed by atoms with Gasteiger partial charge in [-0.05, 0) is 34.1 Å². The van der Waals surface area contributed by atoms with Crippen molar-refractivity contribution in [3.63, 3.8) is 0 Å². The highest BCUT2D eigenvalue weighted by molar-refractivity contribution is 5.75. The van der Waals surface area contributed by atoms with Crippen LogP contribution in [-0.2, 0) is 9.53 Å². The van der Waals surface area contributed by atoms with Gasteiger partial charge in [0.05, 0.1) is 0 Å². The second-order valence-corrected chi connectivity index (χ2v) is 5.37. The van der Waals surface area contributed by atoms with Gasteiger partial charge in [0.15, 0.2) is 0 Å². The average molecular weight is 244 g/mol. The van der Waals surface area contributed by atoms with E-state index in [0.29, 0.717) is 12.8 Å². The van der Waals surface area contributed by atoms with Gasteiger partial charge < -0.3 is 15.0 Å². The summed E-state index contributed by atoms with van der Waals surface area (Å²) in [4.78, 5) is 24.3. The van der Waals surface area contributed by atoms with Crippen LogP contribution in [0.2, 0.25) is 0 Å². The van der Waals surface area contributed by atoms with Gasteiger partial charge in [0, 0.05) is 26.6 Å². The molecule has 0 unspecified atom stereocenters. The Labute approximate surface area is 103 Å². The third-order valence-corrected chi connectivity index (χ3v) is 2.05.